The molecule has 1 aliphatic rings. The molecule has 100 valence electrons. The molecule has 1 unspecified atom stereocenters. The number of ether oxygens (including phenoxy) is 1. The van der Waals surface area contributed by atoms with E-state index in [1.165, 1.54) is 5.56 Å². The Kier molecular flexibility index (Phi) is 3.27. The van der Waals surface area contributed by atoms with Gasteiger partial charge in [-0.05, 0) is 31.4 Å². The van der Waals surface area contributed by atoms with Gasteiger partial charge in [0, 0.05) is 11.1 Å². The van der Waals surface area contributed by atoms with Gasteiger partial charge in [-0.1, -0.05) is 18.2 Å². The first-order valence-corrected chi connectivity index (χ1v) is 6.56. The number of aryl methyl sites for hydroxylation is 2. The Balaban J connectivity index is 2.07. The number of para-hydroxylation sites is 1. The molecular weight excluding hydrogens is 240 g/mol. The Morgan fingerprint density at radius 2 is 2.16 bits per heavy atom. The van der Waals surface area contributed by atoms with Gasteiger partial charge in [-0.25, -0.2) is 5.43 Å². The second-order valence-electron chi connectivity index (χ2n) is 4.82. The summed E-state index contributed by atoms with van der Waals surface area (Å²) in [6, 6.07) is 8.08. The normalized spacial score (nSPS) is 15.7. The second-order valence-corrected chi connectivity index (χ2v) is 4.82. The van der Waals surface area contributed by atoms with Crippen LogP contribution in [-0.4, -0.2) is 6.61 Å². The van der Waals surface area contributed by atoms with Crippen LogP contribution in [0.5, 0.6) is 5.75 Å². The topological polar surface area (TPSA) is 60.4 Å². The smallest absolute Gasteiger partial charge is 0.127 e. The third kappa shape index (κ3) is 2.13. The lowest BCUT2D eigenvalue weighted by atomic mass is 9.94. The van der Waals surface area contributed by atoms with E-state index in [0.717, 1.165) is 42.1 Å². The van der Waals surface area contributed by atoms with Gasteiger partial charge in [0.15, 0.2) is 0 Å². The molecule has 0 amide bonds. The molecule has 0 fully saturated rings. The van der Waals surface area contributed by atoms with Gasteiger partial charge >= 0.3 is 0 Å². The maximum Gasteiger partial charge on any atom is 0.127 e. The highest BCUT2D eigenvalue weighted by atomic mass is 16.5. The summed E-state index contributed by atoms with van der Waals surface area (Å²) in [4.78, 5) is 0. The lowest BCUT2D eigenvalue weighted by molar-refractivity contribution is 0.283. The summed E-state index contributed by atoms with van der Waals surface area (Å²) in [7, 11) is 0. The third-order valence-electron chi connectivity index (χ3n) is 3.65. The summed E-state index contributed by atoms with van der Waals surface area (Å²) >= 11 is 0. The van der Waals surface area contributed by atoms with Crippen molar-refractivity contribution >= 4 is 0 Å². The third-order valence-corrected chi connectivity index (χ3v) is 3.65. The molecule has 19 heavy (non-hydrogen) atoms. The van der Waals surface area contributed by atoms with E-state index in [-0.39, 0.29) is 6.04 Å². The molecule has 4 nitrogen and oxygen atoms in total. The molecule has 0 radical (unpaired) electrons. The van der Waals surface area contributed by atoms with E-state index in [4.69, 9.17) is 15.0 Å². The average Bonchev–Trinajstić information content (AvgIpc) is 2.86. The molecule has 2 heterocycles. The van der Waals surface area contributed by atoms with Crippen LogP contribution >= 0.6 is 0 Å². The molecule has 0 bridgehead atoms. The van der Waals surface area contributed by atoms with E-state index >= 15 is 0 Å². The molecular formula is C15H18N2O2. The summed E-state index contributed by atoms with van der Waals surface area (Å²) < 4.78 is 11.2. The Morgan fingerprint density at radius 1 is 1.26 bits per heavy atom. The predicted octanol–water partition coefficient (Wildman–Crippen LogP) is 2.47. The van der Waals surface area contributed by atoms with E-state index < -0.39 is 0 Å². The van der Waals surface area contributed by atoms with E-state index in [0.29, 0.717) is 0 Å². The molecule has 4 heteroatoms. The highest BCUT2D eigenvalue weighted by Gasteiger charge is 2.23. The second kappa shape index (κ2) is 5.07. The van der Waals surface area contributed by atoms with Crippen molar-refractivity contribution in [3.05, 3.63) is 53.0 Å². The fourth-order valence-electron chi connectivity index (χ4n) is 2.68. The van der Waals surface area contributed by atoms with Crippen LogP contribution in [0.2, 0.25) is 0 Å². The van der Waals surface area contributed by atoms with Crippen LogP contribution in [0.4, 0.5) is 0 Å². The zero-order chi connectivity index (χ0) is 13.2. The summed E-state index contributed by atoms with van der Waals surface area (Å²) in [5.74, 6) is 7.59. The average molecular weight is 258 g/mol. The molecule has 1 aliphatic heterocycles. The molecule has 0 saturated carbocycles. The molecule has 0 spiro atoms. The Labute approximate surface area is 112 Å². The maximum atomic E-state index is 5.85. The van der Waals surface area contributed by atoms with Crippen molar-refractivity contribution in [1.82, 2.24) is 5.43 Å². The highest BCUT2D eigenvalue weighted by molar-refractivity contribution is 5.48. The number of hydrogen-bond acceptors (Lipinski definition) is 4. The van der Waals surface area contributed by atoms with Crippen LogP contribution in [-0.2, 0) is 6.42 Å². The Hall–Kier alpha value is -1.78. The number of furan rings is 1. The molecule has 0 saturated heterocycles. The Bertz CT molecular complexity index is 577. The summed E-state index contributed by atoms with van der Waals surface area (Å²) in [5.41, 5.74) is 6.25. The fraction of sp³-hybridized carbons (Fsp3) is 0.333. The number of fused-ring (bicyclic) bond motifs is 1. The van der Waals surface area contributed by atoms with Gasteiger partial charge in [-0.15, -0.1) is 0 Å². The van der Waals surface area contributed by atoms with Gasteiger partial charge in [-0.3, -0.25) is 5.84 Å². The predicted molar refractivity (Wildman–Crippen MR) is 72.9 cm³/mol. The van der Waals surface area contributed by atoms with Crippen molar-refractivity contribution in [3.63, 3.8) is 0 Å². The van der Waals surface area contributed by atoms with E-state index in [2.05, 4.69) is 23.6 Å². The number of benzene rings is 1. The van der Waals surface area contributed by atoms with Crippen LogP contribution in [0.1, 0.15) is 34.9 Å². The van der Waals surface area contributed by atoms with Crippen LogP contribution in [0.3, 0.4) is 0 Å². The van der Waals surface area contributed by atoms with Crippen LogP contribution in [0.25, 0.3) is 0 Å². The van der Waals surface area contributed by atoms with Crippen molar-refractivity contribution in [3.8, 4) is 5.75 Å². The first-order chi connectivity index (χ1) is 9.31. The van der Waals surface area contributed by atoms with E-state index in [1.807, 2.05) is 13.0 Å². The van der Waals surface area contributed by atoms with Crippen LogP contribution in [0.15, 0.2) is 34.9 Å². The first kappa shape index (κ1) is 12.3. The minimum absolute atomic E-state index is 0.105. The van der Waals surface area contributed by atoms with Gasteiger partial charge in [0.2, 0.25) is 0 Å². The monoisotopic (exact) mass is 258 g/mol. The number of rotatable bonds is 3. The van der Waals surface area contributed by atoms with Gasteiger partial charge in [0.25, 0.3) is 0 Å². The highest BCUT2D eigenvalue weighted by Crippen LogP contribution is 2.36. The quantitative estimate of drug-likeness (QED) is 0.656. The zero-order valence-electron chi connectivity index (χ0n) is 11.0. The lowest BCUT2D eigenvalue weighted by Crippen LogP contribution is -2.30. The molecule has 1 atom stereocenters. The fourth-order valence-corrected chi connectivity index (χ4v) is 2.68. The van der Waals surface area contributed by atoms with Crippen LogP contribution in [0, 0.1) is 6.92 Å². The van der Waals surface area contributed by atoms with E-state index in [9.17, 15) is 0 Å². The van der Waals surface area contributed by atoms with Crippen molar-refractivity contribution < 1.29 is 9.15 Å². The number of hydrazine groups is 1. The minimum atomic E-state index is -0.105. The van der Waals surface area contributed by atoms with Crippen molar-refractivity contribution in [1.29, 1.82) is 0 Å². The van der Waals surface area contributed by atoms with E-state index in [1.54, 1.807) is 6.26 Å². The van der Waals surface area contributed by atoms with Crippen molar-refractivity contribution in [2.45, 2.75) is 25.8 Å². The zero-order valence-corrected chi connectivity index (χ0v) is 11.0. The number of nitrogens with two attached hydrogens (primary N) is 1. The molecule has 0 aliphatic carbocycles. The molecule has 1 aromatic carbocycles. The molecule has 2 aromatic rings. The summed E-state index contributed by atoms with van der Waals surface area (Å²) in [6.45, 7) is 2.71. The summed E-state index contributed by atoms with van der Waals surface area (Å²) in [5, 5.41) is 0. The standard InChI is InChI=1S/C15H18N2O2/c1-10-12(7-9-18-10)14(17-16)13-6-2-4-11-5-3-8-19-15(11)13/h2,4,6-7,9,14,17H,3,5,8,16H2,1H3. The van der Waals surface area contributed by atoms with Crippen molar-refractivity contribution in [2.24, 2.45) is 5.84 Å². The van der Waals surface area contributed by atoms with Crippen LogP contribution < -0.4 is 16.0 Å². The van der Waals surface area contributed by atoms with Gasteiger partial charge in [0.05, 0.1) is 18.9 Å². The largest absolute Gasteiger partial charge is 0.493 e. The first-order valence-electron chi connectivity index (χ1n) is 6.56. The van der Waals surface area contributed by atoms with Crippen molar-refractivity contribution in [2.75, 3.05) is 6.61 Å². The Morgan fingerprint density at radius 3 is 2.89 bits per heavy atom. The number of hydrogen-bond donors (Lipinski definition) is 2. The number of nitrogens with one attached hydrogen (secondary N) is 1. The molecule has 3 N–H and O–H groups in total. The molecule has 1 aromatic heterocycles. The lowest BCUT2D eigenvalue weighted by Gasteiger charge is -2.24. The maximum absolute atomic E-state index is 5.85. The van der Waals surface area contributed by atoms with Gasteiger partial charge < -0.3 is 9.15 Å². The SMILES string of the molecule is Cc1occc1C(NN)c1cccc2c1OCCC2. The van der Waals surface area contributed by atoms with Gasteiger partial charge in [0.1, 0.15) is 11.5 Å². The summed E-state index contributed by atoms with van der Waals surface area (Å²) in [6.07, 6.45) is 3.82. The van der Waals surface area contributed by atoms with Gasteiger partial charge in [-0.2, -0.15) is 0 Å². The molecule has 3 rings (SSSR count). The minimum Gasteiger partial charge on any atom is -0.493 e.